The maximum atomic E-state index is 12.1. The van der Waals surface area contributed by atoms with Crippen molar-refractivity contribution in [2.45, 2.75) is 20.3 Å². The molecule has 106 valence electrons. The molecule has 0 aliphatic carbocycles. The Labute approximate surface area is 116 Å². The zero-order valence-corrected chi connectivity index (χ0v) is 11.5. The molecule has 1 amide bonds. The zero-order chi connectivity index (χ0) is 14.4. The summed E-state index contributed by atoms with van der Waals surface area (Å²) in [4.78, 5) is 20.3. The second-order valence-electron chi connectivity index (χ2n) is 4.17. The fourth-order valence-corrected chi connectivity index (χ4v) is 1.72. The first-order valence-electron chi connectivity index (χ1n) is 6.47. The van der Waals surface area contributed by atoms with Gasteiger partial charge in [0, 0.05) is 25.7 Å². The molecule has 2 aromatic rings. The zero-order valence-electron chi connectivity index (χ0n) is 11.5. The Morgan fingerprint density at radius 3 is 3.00 bits per heavy atom. The van der Waals surface area contributed by atoms with Crippen molar-refractivity contribution in [3.8, 4) is 0 Å². The van der Waals surface area contributed by atoms with Gasteiger partial charge in [-0.05, 0) is 26.0 Å². The van der Waals surface area contributed by atoms with Gasteiger partial charge in [0.2, 0.25) is 5.89 Å². The number of anilines is 1. The number of carbonyl (C=O) groups is 1. The van der Waals surface area contributed by atoms with Crippen LogP contribution in [0.25, 0.3) is 0 Å². The molecule has 2 heterocycles. The van der Waals surface area contributed by atoms with Gasteiger partial charge in [-0.15, -0.1) is 0 Å². The molecule has 7 heteroatoms. The van der Waals surface area contributed by atoms with Gasteiger partial charge in [0.05, 0.1) is 5.56 Å². The molecule has 0 bridgehead atoms. The lowest BCUT2D eigenvalue weighted by molar-refractivity contribution is 0.0954. The molecule has 0 aliphatic heterocycles. The molecular weight excluding hydrogens is 258 g/mol. The lowest BCUT2D eigenvalue weighted by atomic mass is 10.2. The summed E-state index contributed by atoms with van der Waals surface area (Å²) in [6, 6.07) is 3.47. The number of amides is 1. The number of hydrogen-bond acceptors (Lipinski definition) is 6. The number of aryl methyl sites for hydroxylation is 1. The maximum absolute atomic E-state index is 12.1. The molecule has 0 spiro atoms. The molecule has 0 atom stereocenters. The van der Waals surface area contributed by atoms with Crippen molar-refractivity contribution in [3.63, 3.8) is 0 Å². The molecule has 2 aromatic heterocycles. The van der Waals surface area contributed by atoms with Crippen LogP contribution in [0.1, 0.15) is 29.0 Å². The molecule has 0 fully saturated rings. The summed E-state index contributed by atoms with van der Waals surface area (Å²) in [5, 5.41) is 9.56. The van der Waals surface area contributed by atoms with Gasteiger partial charge >= 0.3 is 0 Å². The Morgan fingerprint density at radius 1 is 1.45 bits per heavy atom. The van der Waals surface area contributed by atoms with E-state index in [1.807, 2.05) is 6.92 Å². The van der Waals surface area contributed by atoms with E-state index in [-0.39, 0.29) is 5.91 Å². The van der Waals surface area contributed by atoms with Gasteiger partial charge in [-0.3, -0.25) is 4.79 Å². The lowest BCUT2D eigenvalue weighted by Gasteiger charge is -2.09. The second-order valence-corrected chi connectivity index (χ2v) is 4.17. The smallest absolute Gasteiger partial charge is 0.255 e. The van der Waals surface area contributed by atoms with Crippen LogP contribution in [0.3, 0.4) is 0 Å². The van der Waals surface area contributed by atoms with E-state index in [2.05, 4.69) is 25.8 Å². The van der Waals surface area contributed by atoms with Gasteiger partial charge < -0.3 is 15.2 Å². The Hall–Kier alpha value is -2.44. The minimum absolute atomic E-state index is 0.176. The van der Waals surface area contributed by atoms with Crippen molar-refractivity contribution < 1.29 is 9.32 Å². The van der Waals surface area contributed by atoms with E-state index < -0.39 is 0 Å². The van der Waals surface area contributed by atoms with E-state index >= 15 is 0 Å². The van der Waals surface area contributed by atoms with Crippen LogP contribution in [0.15, 0.2) is 22.9 Å². The monoisotopic (exact) mass is 275 g/mol. The summed E-state index contributed by atoms with van der Waals surface area (Å²) >= 11 is 0. The molecular formula is C13H17N5O2. The van der Waals surface area contributed by atoms with E-state index in [4.69, 9.17) is 4.52 Å². The Kier molecular flexibility index (Phi) is 4.65. The van der Waals surface area contributed by atoms with Gasteiger partial charge in [-0.25, -0.2) is 4.98 Å². The van der Waals surface area contributed by atoms with E-state index in [9.17, 15) is 4.79 Å². The summed E-state index contributed by atoms with van der Waals surface area (Å²) in [6.07, 6.45) is 2.15. The summed E-state index contributed by atoms with van der Waals surface area (Å²) in [5.74, 6) is 1.51. The minimum Gasteiger partial charge on any atom is -0.370 e. The van der Waals surface area contributed by atoms with Crippen LogP contribution in [-0.2, 0) is 6.42 Å². The van der Waals surface area contributed by atoms with Crippen LogP contribution in [0.2, 0.25) is 0 Å². The molecule has 2 N–H and O–H groups in total. The van der Waals surface area contributed by atoms with Crippen molar-refractivity contribution >= 4 is 11.7 Å². The predicted molar refractivity (Wildman–Crippen MR) is 73.5 cm³/mol. The van der Waals surface area contributed by atoms with Crippen molar-refractivity contribution in [2.24, 2.45) is 0 Å². The molecule has 0 radical (unpaired) electrons. The highest BCUT2D eigenvalue weighted by Crippen LogP contribution is 2.10. The maximum Gasteiger partial charge on any atom is 0.255 e. The van der Waals surface area contributed by atoms with E-state index in [1.54, 1.807) is 25.3 Å². The summed E-state index contributed by atoms with van der Waals surface area (Å²) in [7, 11) is 0. The number of nitrogens with one attached hydrogen (secondary N) is 2. The SMILES string of the molecule is CCNc1ncccc1C(=O)NCCc1nc(C)no1. The van der Waals surface area contributed by atoms with E-state index in [0.717, 1.165) is 0 Å². The van der Waals surface area contributed by atoms with Crippen LogP contribution < -0.4 is 10.6 Å². The van der Waals surface area contributed by atoms with E-state index in [1.165, 1.54) is 0 Å². The third-order valence-corrected chi connectivity index (χ3v) is 2.59. The first kappa shape index (κ1) is 14.0. The number of carbonyl (C=O) groups excluding carboxylic acids is 1. The topological polar surface area (TPSA) is 92.9 Å². The first-order chi connectivity index (χ1) is 9.70. The minimum atomic E-state index is -0.176. The number of hydrogen-bond donors (Lipinski definition) is 2. The molecule has 0 saturated heterocycles. The summed E-state index contributed by atoms with van der Waals surface area (Å²) in [5.41, 5.74) is 0.524. The van der Waals surface area contributed by atoms with Gasteiger partial charge in [0.25, 0.3) is 5.91 Å². The molecule has 20 heavy (non-hydrogen) atoms. The van der Waals surface area contributed by atoms with Crippen molar-refractivity contribution in [1.82, 2.24) is 20.4 Å². The highest BCUT2D eigenvalue weighted by atomic mass is 16.5. The highest BCUT2D eigenvalue weighted by molar-refractivity contribution is 5.98. The fourth-order valence-electron chi connectivity index (χ4n) is 1.72. The van der Waals surface area contributed by atoms with Crippen LogP contribution in [-0.4, -0.2) is 34.1 Å². The average molecular weight is 275 g/mol. The van der Waals surface area contributed by atoms with Gasteiger partial charge in [0.15, 0.2) is 5.82 Å². The van der Waals surface area contributed by atoms with Crippen LogP contribution >= 0.6 is 0 Å². The molecule has 0 aromatic carbocycles. The Balaban J connectivity index is 1.91. The third kappa shape index (κ3) is 3.53. The standard InChI is InChI=1S/C13H17N5O2/c1-3-14-12-10(5-4-7-15-12)13(19)16-8-6-11-17-9(2)18-20-11/h4-5,7H,3,6,8H2,1-2H3,(H,14,15)(H,16,19). The van der Waals surface area contributed by atoms with Crippen LogP contribution in [0.4, 0.5) is 5.82 Å². The van der Waals surface area contributed by atoms with Gasteiger partial charge in [-0.1, -0.05) is 5.16 Å². The third-order valence-electron chi connectivity index (χ3n) is 2.59. The lowest BCUT2D eigenvalue weighted by Crippen LogP contribution is -2.27. The molecule has 2 rings (SSSR count). The molecule has 0 unspecified atom stereocenters. The Morgan fingerprint density at radius 2 is 2.30 bits per heavy atom. The predicted octanol–water partition coefficient (Wildman–Crippen LogP) is 1.18. The van der Waals surface area contributed by atoms with Gasteiger partial charge in [0.1, 0.15) is 5.82 Å². The van der Waals surface area contributed by atoms with Crippen LogP contribution in [0, 0.1) is 6.92 Å². The summed E-state index contributed by atoms with van der Waals surface area (Å²) in [6.45, 7) is 4.84. The summed E-state index contributed by atoms with van der Waals surface area (Å²) < 4.78 is 4.98. The quantitative estimate of drug-likeness (QED) is 0.822. The highest BCUT2D eigenvalue weighted by Gasteiger charge is 2.11. The first-order valence-corrected chi connectivity index (χ1v) is 6.47. The normalized spacial score (nSPS) is 10.3. The molecule has 0 saturated carbocycles. The average Bonchev–Trinajstić information content (AvgIpc) is 2.85. The van der Waals surface area contributed by atoms with Crippen molar-refractivity contribution in [3.05, 3.63) is 35.6 Å². The van der Waals surface area contributed by atoms with E-state index in [0.29, 0.717) is 42.6 Å². The number of rotatable bonds is 6. The molecule has 7 nitrogen and oxygen atoms in total. The largest absolute Gasteiger partial charge is 0.370 e. The van der Waals surface area contributed by atoms with Gasteiger partial charge in [-0.2, -0.15) is 4.98 Å². The Bertz CT molecular complexity index is 582. The van der Waals surface area contributed by atoms with Crippen molar-refractivity contribution in [1.29, 1.82) is 0 Å². The number of aromatic nitrogens is 3. The van der Waals surface area contributed by atoms with Crippen molar-refractivity contribution in [2.75, 3.05) is 18.4 Å². The number of nitrogens with zero attached hydrogens (tertiary/aromatic N) is 3. The second kappa shape index (κ2) is 6.65. The fraction of sp³-hybridized carbons (Fsp3) is 0.385. The number of pyridine rings is 1. The van der Waals surface area contributed by atoms with Crippen LogP contribution in [0.5, 0.6) is 0 Å². The molecule has 0 aliphatic rings.